The molecule has 11 heavy (non-hydrogen) atoms. The minimum absolute atomic E-state index is 0.0205. The van der Waals surface area contributed by atoms with Crippen LogP contribution < -0.4 is 11.1 Å². The first kappa shape index (κ1) is 10.0. The van der Waals surface area contributed by atoms with Crippen LogP contribution in [0.3, 0.4) is 0 Å². The van der Waals surface area contributed by atoms with Crippen molar-refractivity contribution in [1.29, 1.82) is 0 Å². The van der Waals surface area contributed by atoms with Crippen LogP contribution in [-0.2, 0) is 4.79 Å². The molecular formula is C8H16N2O. The molecule has 3 heteroatoms. The number of carbonyl (C=O) groups is 1. The summed E-state index contributed by atoms with van der Waals surface area (Å²) >= 11 is 0. The van der Waals surface area contributed by atoms with Gasteiger partial charge in [-0.25, -0.2) is 0 Å². The van der Waals surface area contributed by atoms with Crippen LogP contribution in [0.2, 0.25) is 0 Å². The predicted octanol–water partition coefficient (Wildman–Crippen LogP) is 0.969. The largest absolute Gasteiger partial charge is 0.385 e. The molecule has 3 nitrogen and oxygen atoms in total. The molecule has 0 aliphatic rings. The molecule has 0 aromatic rings. The minimum Gasteiger partial charge on any atom is -0.385 e. The van der Waals surface area contributed by atoms with Gasteiger partial charge in [-0.3, -0.25) is 4.79 Å². The SMILES string of the molecule is CC(C)=C(N)NC(=O)C(C)C. The molecule has 0 aliphatic carbocycles. The van der Waals surface area contributed by atoms with Gasteiger partial charge >= 0.3 is 0 Å². The quantitative estimate of drug-likeness (QED) is 0.626. The highest BCUT2D eigenvalue weighted by Crippen LogP contribution is 1.95. The maximum absolute atomic E-state index is 11.0. The summed E-state index contributed by atoms with van der Waals surface area (Å²) < 4.78 is 0. The van der Waals surface area contributed by atoms with Crippen LogP contribution in [0.4, 0.5) is 0 Å². The monoisotopic (exact) mass is 156 g/mol. The zero-order valence-electron chi connectivity index (χ0n) is 7.56. The molecule has 0 unspecified atom stereocenters. The van der Waals surface area contributed by atoms with Gasteiger partial charge in [-0.15, -0.1) is 0 Å². The Morgan fingerprint density at radius 1 is 1.36 bits per heavy atom. The molecule has 0 aromatic carbocycles. The summed E-state index contributed by atoms with van der Waals surface area (Å²) in [6.07, 6.45) is 0. The predicted molar refractivity (Wildman–Crippen MR) is 45.5 cm³/mol. The van der Waals surface area contributed by atoms with Crippen LogP contribution in [-0.4, -0.2) is 5.91 Å². The van der Waals surface area contributed by atoms with E-state index in [4.69, 9.17) is 5.73 Å². The average Bonchev–Trinajstić information content (AvgIpc) is 1.87. The number of hydrogen-bond donors (Lipinski definition) is 2. The second kappa shape index (κ2) is 4.01. The Bertz CT molecular complexity index is 179. The molecule has 0 spiro atoms. The van der Waals surface area contributed by atoms with E-state index < -0.39 is 0 Å². The smallest absolute Gasteiger partial charge is 0.228 e. The molecule has 0 bridgehead atoms. The second-order valence-corrected chi connectivity index (χ2v) is 3.06. The minimum atomic E-state index is -0.0382. The van der Waals surface area contributed by atoms with Gasteiger partial charge in [-0.05, 0) is 19.4 Å². The molecule has 0 saturated heterocycles. The first-order valence-corrected chi connectivity index (χ1v) is 3.69. The maximum atomic E-state index is 11.0. The van der Waals surface area contributed by atoms with Crippen LogP contribution in [0.1, 0.15) is 27.7 Å². The summed E-state index contributed by atoms with van der Waals surface area (Å²) in [4.78, 5) is 11.0. The lowest BCUT2D eigenvalue weighted by molar-refractivity contribution is -0.123. The van der Waals surface area contributed by atoms with E-state index in [0.29, 0.717) is 5.82 Å². The first-order valence-electron chi connectivity index (χ1n) is 3.69. The van der Waals surface area contributed by atoms with Crippen molar-refractivity contribution in [3.63, 3.8) is 0 Å². The summed E-state index contributed by atoms with van der Waals surface area (Å²) in [6.45, 7) is 7.37. The molecule has 0 saturated carbocycles. The van der Waals surface area contributed by atoms with E-state index in [1.807, 2.05) is 27.7 Å². The maximum Gasteiger partial charge on any atom is 0.228 e. The van der Waals surface area contributed by atoms with E-state index in [1.165, 1.54) is 0 Å². The van der Waals surface area contributed by atoms with Gasteiger partial charge in [0.2, 0.25) is 5.91 Å². The van der Waals surface area contributed by atoms with Crippen molar-refractivity contribution < 1.29 is 4.79 Å². The molecule has 0 aliphatic heterocycles. The lowest BCUT2D eigenvalue weighted by Crippen LogP contribution is -2.31. The number of allylic oxidation sites excluding steroid dienone is 1. The molecule has 0 heterocycles. The lowest BCUT2D eigenvalue weighted by atomic mass is 10.2. The fourth-order valence-corrected chi connectivity index (χ4v) is 0.402. The fourth-order valence-electron chi connectivity index (χ4n) is 0.402. The van der Waals surface area contributed by atoms with Gasteiger partial charge in [0.05, 0.1) is 0 Å². The van der Waals surface area contributed by atoms with Gasteiger partial charge in [0.1, 0.15) is 5.82 Å². The Balaban J connectivity index is 4.07. The summed E-state index contributed by atoms with van der Waals surface area (Å²) in [5.41, 5.74) is 6.43. The van der Waals surface area contributed by atoms with E-state index >= 15 is 0 Å². The average molecular weight is 156 g/mol. The number of carbonyl (C=O) groups excluding carboxylic acids is 1. The Hall–Kier alpha value is -0.990. The summed E-state index contributed by atoms with van der Waals surface area (Å²) in [5.74, 6) is 0.403. The number of rotatable bonds is 2. The van der Waals surface area contributed by atoms with Crippen LogP contribution >= 0.6 is 0 Å². The molecule has 0 aromatic heterocycles. The molecule has 0 radical (unpaired) electrons. The van der Waals surface area contributed by atoms with Crippen molar-refractivity contribution in [2.45, 2.75) is 27.7 Å². The van der Waals surface area contributed by atoms with E-state index in [1.54, 1.807) is 0 Å². The van der Waals surface area contributed by atoms with Crippen LogP contribution in [0.25, 0.3) is 0 Å². The standard InChI is InChI=1S/C8H16N2O/c1-5(2)7(9)10-8(11)6(3)4/h6H,9H2,1-4H3,(H,10,11). The van der Waals surface area contributed by atoms with Gasteiger partial charge < -0.3 is 11.1 Å². The molecule has 64 valence electrons. The molecule has 1 amide bonds. The number of nitrogens with one attached hydrogen (secondary N) is 1. The zero-order valence-corrected chi connectivity index (χ0v) is 7.56. The van der Waals surface area contributed by atoms with E-state index in [-0.39, 0.29) is 11.8 Å². The Morgan fingerprint density at radius 3 is 2.09 bits per heavy atom. The van der Waals surface area contributed by atoms with Gasteiger partial charge in [-0.1, -0.05) is 13.8 Å². The molecule has 0 rings (SSSR count). The summed E-state index contributed by atoms with van der Waals surface area (Å²) in [6, 6.07) is 0. The summed E-state index contributed by atoms with van der Waals surface area (Å²) in [5, 5.41) is 2.60. The fraction of sp³-hybridized carbons (Fsp3) is 0.625. The highest BCUT2D eigenvalue weighted by Gasteiger charge is 2.06. The van der Waals surface area contributed by atoms with Crippen LogP contribution in [0.15, 0.2) is 11.4 Å². The number of amides is 1. The van der Waals surface area contributed by atoms with E-state index in [9.17, 15) is 4.79 Å². The Labute approximate surface area is 67.7 Å². The van der Waals surface area contributed by atoms with Gasteiger partial charge in [0, 0.05) is 5.92 Å². The Morgan fingerprint density at radius 2 is 1.82 bits per heavy atom. The zero-order chi connectivity index (χ0) is 9.02. The van der Waals surface area contributed by atoms with Crippen molar-refractivity contribution in [3.05, 3.63) is 11.4 Å². The number of nitrogens with two attached hydrogens (primary N) is 1. The normalized spacial score (nSPS) is 9.55. The van der Waals surface area contributed by atoms with Gasteiger partial charge in [0.25, 0.3) is 0 Å². The van der Waals surface area contributed by atoms with E-state index in [0.717, 1.165) is 5.57 Å². The van der Waals surface area contributed by atoms with Crippen LogP contribution in [0, 0.1) is 5.92 Å². The van der Waals surface area contributed by atoms with Crippen LogP contribution in [0.5, 0.6) is 0 Å². The highest BCUT2D eigenvalue weighted by molar-refractivity contribution is 5.79. The topological polar surface area (TPSA) is 55.1 Å². The van der Waals surface area contributed by atoms with Crippen molar-refractivity contribution in [2.75, 3.05) is 0 Å². The van der Waals surface area contributed by atoms with Crippen molar-refractivity contribution in [2.24, 2.45) is 11.7 Å². The summed E-state index contributed by atoms with van der Waals surface area (Å²) in [7, 11) is 0. The third-order valence-corrected chi connectivity index (χ3v) is 1.32. The molecule has 0 atom stereocenters. The third-order valence-electron chi connectivity index (χ3n) is 1.32. The molecule has 0 fully saturated rings. The van der Waals surface area contributed by atoms with Gasteiger partial charge in [-0.2, -0.15) is 0 Å². The molecular weight excluding hydrogens is 140 g/mol. The third kappa shape index (κ3) is 3.65. The van der Waals surface area contributed by atoms with Crippen molar-refractivity contribution in [1.82, 2.24) is 5.32 Å². The Kier molecular flexibility index (Phi) is 3.65. The van der Waals surface area contributed by atoms with E-state index in [2.05, 4.69) is 5.32 Å². The number of hydrogen-bond acceptors (Lipinski definition) is 2. The van der Waals surface area contributed by atoms with Crippen molar-refractivity contribution >= 4 is 5.91 Å². The molecule has 3 N–H and O–H groups in total. The lowest BCUT2D eigenvalue weighted by Gasteiger charge is -2.08. The van der Waals surface area contributed by atoms with Gasteiger partial charge in [0.15, 0.2) is 0 Å². The highest BCUT2D eigenvalue weighted by atomic mass is 16.1. The first-order chi connectivity index (χ1) is 4.95. The van der Waals surface area contributed by atoms with Crippen molar-refractivity contribution in [3.8, 4) is 0 Å². The second-order valence-electron chi connectivity index (χ2n) is 3.06.